The zero-order valence-corrected chi connectivity index (χ0v) is 15.6. The number of thioether (sulfide) groups is 1. The quantitative estimate of drug-likeness (QED) is 0.809. The molecule has 5 heteroatoms. The van der Waals surface area contributed by atoms with Gasteiger partial charge in [-0.15, -0.1) is 11.8 Å². The number of benzene rings is 1. The number of amides is 1. The largest absolute Gasteiger partial charge is 0.494 e. The van der Waals surface area contributed by atoms with E-state index < -0.39 is 0 Å². The molecule has 26 heavy (non-hydrogen) atoms. The molecule has 1 aliphatic heterocycles. The number of nitrogens with one attached hydrogen (secondary N) is 1. The van der Waals surface area contributed by atoms with Gasteiger partial charge in [0, 0.05) is 18.1 Å². The molecule has 1 amide bonds. The van der Waals surface area contributed by atoms with Crippen molar-refractivity contribution in [1.29, 1.82) is 5.26 Å². The minimum Gasteiger partial charge on any atom is -0.494 e. The molecule has 1 heterocycles. The minimum atomic E-state index is -0.202. The highest BCUT2D eigenvalue weighted by atomic mass is 32.2. The van der Waals surface area contributed by atoms with Gasteiger partial charge in [0.1, 0.15) is 5.75 Å². The van der Waals surface area contributed by atoms with E-state index in [-0.39, 0.29) is 11.8 Å². The van der Waals surface area contributed by atoms with Crippen molar-refractivity contribution in [3.8, 4) is 11.8 Å². The van der Waals surface area contributed by atoms with E-state index in [1.165, 1.54) is 5.57 Å². The average Bonchev–Trinajstić information content (AvgIpc) is 2.67. The van der Waals surface area contributed by atoms with Crippen molar-refractivity contribution in [2.45, 2.75) is 32.1 Å². The van der Waals surface area contributed by atoms with Crippen molar-refractivity contribution < 1.29 is 9.53 Å². The lowest BCUT2D eigenvalue weighted by Gasteiger charge is -2.25. The van der Waals surface area contributed by atoms with Crippen LogP contribution in [-0.4, -0.2) is 18.3 Å². The number of carbonyl (C=O) groups excluding carboxylic acids is 1. The number of nitriles is 1. The molecule has 3 rings (SSSR count). The summed E-state index contributed by atoms with van der Waals surface area (Å²) in [4.78, 5) is 12.2. The SMILES string of the molecule is CCOc1ccc([C@H]2CC(=O)NC(SCC3=CC=CCC3)=C2C#N)cc1. The van der Waals surface area contributed by atoms with Gasteiger partial charge in [-0.2, -0.15) is 5.26 Å². The van der Waals surface area contributed by atoms with E-state index in [1.54, 1.807) is 11.8 Å². The van der Waals surface area contributed by atoms with E-state index in [2.05, 4.69) is 29.6 Å². The normalized spacial score (nSPS) is 19.6. The molecule has 0 spiro atoms. The van der Waals surface area contributed by atoms with Crippen LogP contribution in [0.1, 0.15) is 37.7 Å². The standard InChI is InChI=1S/C21H22N2O2S/c1-2-25-17-10-8-16(9-11-17)18-12-20(24)23-21(19(18)13-22)26-14-15-6-4-3-5-7-15/h3-4,6,8-11,18H,2,5,7,12,14H2,1H3,(H,23,24)/t18-/m1/s1. The van der Waals surface area contributed by atoms with Crippen molar-refractivity contribution in [3.63, 3.8) is 0 Å². The highest BCUT2D eigenvalue weighted by Crippen LogP contribution is 2.37. The van der Waals surface area contributed by atoms with Gasteiger partial charge in [-0.25, -0.2) is 0 Å². The molecule has 0 aromatic heterocycles. The molecule has 1 N–H and O–H groups in total. The van der Waals surface area contributed by atoms with Gasteiger partial charge in [-0.3, -0.25) is 4.79 Å². The maximum absolute atomic E-state index is 12.2. The molecular formula is C21H22N2O2S. The molecule has 1 atom stereocenters. The summed E-state index contributed by atoms with van der Waals surface area (Å²) < 4.78 is 5.48. The van der Waals surface area contributed by atoms with Gasteiger partial charge in [0.2, 0.25) is 5.91 Å². The van der Waals surface area contributed by atoms with Gasteiger partial charge < -0.3 is 10.1 Å². The summed E-state index contributed by atoms with van der Waals surface area (Å²) >= 11 is 1.55. The number of allylic oxidation sites excluding steroid dienone is 4. The third-order valence-electron chi connectivity index (χ3n) is 4.45. The first-order chi connectivity index (χ1) is 12.7. The fraction of sp³-hybridized carbons (Fsp3) is 0.333. The lowest BCUT2D eigenvalue weighted by Crippen LogP contribution is -2.31. The lowest BCUT2D eigenvalue weighted by molar-refractivity contribution is -0.120. The van der Waals surface area contributed by atoms with Crippen molar-refractivity contribution in [2.75, 3.05) is 12.4 Å². The van der Waals surface area contributed by atoms with E-state index in [9.17, 15) is 10.1 Å². The Labute approximate surface area is 158 Å². The fourth-order valence-corrected chi connectivity index (χ4v) is 4.22. The first kappa shape index (κ1) is 18.3. The van der Waals surface area contributed by atoms with Crippen LogP contribution in [0, 0.1) is 11.3 Å². The van der Waals surface area contributed by atoms with Crippen LogP contribution in [0.3, 0.4) is 0 Å². The summed E-state index contributed by atoms with van der Waals surface area (Å²) in [5, 5.41) is 13.3. The Kier molecular flexibility index (Phi) is 6.19. The molecule has 134 valence electrons. The summed E-state index contributed by atoms with van der Waals surface area (Å²) in [5.74, 6) is 1.35. The van der Waals surface area contributed by atoms with Crippen LogP contribution in [0.5, 0.6) is 5.75 Å². The first-order valence-electron chi connectivity index (χ1n) is 8.85. The van der Waals surface area contributed by atoms with Crippen molar-refractivity contribution in [3.05, 3.63) is 64.2 Å². The Balaban J connectivity index is 1.82. The Morgan fingerprint density at radius 3 is 2.81 bits per heavy atom. The summed E-state index contributed by atoms with van der Waals surface area (Å²) in [7, 11) is 0. The predicted octanol–water partition coefficient (Wildman–Crippen LogP) is 4.43. The van der Waals surface area contributed by atoms with Crippen LogP contribution >= 0.6 is 11.8 Å². The molecule has 0 unspecified atom stereocenters. The molecule has 2 aliphatic rings. The number of rotatable bonds is 6. The van der Waals surface area contributed by atoms with Gasteiger partial charge in [0.15, 0.2) is 0 Å². The molecule has 1 aromatic rings. The van der Waals surface area contributed by atoms with E-state index in [1.807, 2.05) is 31.2 Å². The summed E-state index contributed by atoms with van der Waals surface area (Å²) in [6.07, 6.45) is 8.73. The molecule has 0 saturated heterocycles. The van der Waals surface area contributed by atoms with Crippen LogP contribution in [0.2, 0.25) is 0 Å². The van der Waals surface area contributed by atoms with Gasteiger partial charge in [-0.1, -0.05) is 35.9 Å². The number of hydrogen-bond acceptors (Lipinski definition) is 4. The van der Waals surface area contributed by atoms with Crippen LogP contribution in [0.15, 0.2) is 58.7 Å². The lowest BCUT2D eigenvalue weighted by atomic mass is 9.87. The predicted molar refractivity (Wildman–Crippen MR) is 105 cm³/mol. The molecule has 0 bridgehead atoms. The smallest absolute Gasteiger partial charge is 0.225 e. The van der Waals surface area contributed by atoms with Gasteiger partial charge in [0.25, 0.3) is 0 Å². The first-order valence-corrected chi connectivity index (χ1v) is 9.84. The van der Waals surface area contributed by atoms with Crippen LogP contribution in [-0.2, 0) is 4.79 Å². The average molecular weight is 366 g/mol. The fourth-order valence-electron chi connectivity index (χ4n) is 3.12. The zero-order chi connectivity index (χ0) is 18.4. The highest BCUT2D eigenvalue weighted by molar-refractivity contribution is 8.03. The Morgan fingerprint density at radius 2 is 2.15 bits per heavy atom. The molecule has 1 aromatic carbocycles. The van der Waals surface area contributed by atoms with Gasteiger partial charge in [-0.05, 0) is 37.5 Å². The number of carbonyl (C=O) groups is 1. The molecule has 4 nitrogen and oxygen atoms in total. The van der Waals surface area contributed by atoms with Crippen LogP contribution in [0.25, 0.3) is 0 Å². The third-order valence-corrected chi connectivity index (χ3v) is 5.58. The second kappa shape index (κ2) is 8.77. The number of hydrogen-bond donors (Lipinski definition) is 1. The molecule has 0 fully saturated rings. The summed E-state index contributed by atoms with van der Waals surface area (Å²) in [6.45, 7) is 2.55. The maximum atomic E-state index is 12.2. The third kappa shape index (κ3) is 4.39. The van der Waals surface area contributed by atoms with E-state index >= 15 is 0 Å². The van der Waals surface area contributed by atoms with E-state index in [0.717, 1.165) is 29.9 Å². The number of nitrogens with zero attached hydrogens (tertiary/aromatic N) is 1. The Hall–Kier alpha value is -2.45. The number of ether oxygens (including phenoxy) is 1. The zero-order valence-electron chi connectivity index (χ0n) is 14.8. The van der Waals surface area contributed by atoms with E-state index in [4.69, 9.17) is 4.74 Å². The monoisotopic (exact) mass is 366 g/mol. The van der Waals surface area contributed by atoms with Crippen molar-refractivity contribution in [2.24, 2.45) is 0 Å². The molecule has 0 saturated carbocycles. The van der Waals surface area contributed by atoms with Crippen molar-refractivity contribution in [1.82, 2.24) is 5.32 Å². The van der Waals surface area contributed by atoms with Crippen LogP contribution < -0.4 is 10.1 Å². The van der Waals surface area contributed by atoms with Crippen LogP contribution in [0.4, 0.5) is 0 Å². The van der Waals surface area contributed by atoms with E-state index in [0.29, 0.717) is 23.6 Å². The van der Waals surface area contributed by atoms with Gasteiger partial charge >= 0.3 is 0 Å². The topological polar surface area (TPSA) is 62.1 Å². The summed E-state index contributed by atoms with van der Waals surface area (Å²) in [5.41, 5.74) is 2.95. The minimum absolute atomic E-state index is 0.0390. The summed E-state index contributed by atoms with van der Waals surface area (Å²) in [6, 6.07) is 10.0. The Morgan fingerprint density at radius 1 is 1.35 bits per heavy atom. The van der Waals surface area contributed by atoms with Crippen molar-refractivity contribution >= 4 is 17.7 Å². The maximum Gasteiger partial charge on any atom is 0.225 e. The molecular weight excluding hydrogens is 344 g/mol. The molecule has 1 aliphatic carbocycles. The highest BCUT2D eigenvalue weighted by Gasteiger charge is 2.29. The Bertz CT molecular complexity index is 800. The second-order valence-electron chi connectivity index (χ2n) is 6.24. The van der Waals surface area contributed by atoms with Gasteiger partial charge in [0.05, 0.1) is 23.3 Å². The second-order valence-corrected chi connectivity index (χ2v) is 7.23. The molecule has 0 radical (unpaired) electrons.